The van der Waals surface area contributed by atoms with Crippen molar-refractivity contribution in [2.24, 2.45) is 0 Å². The Bertz CT molecular complexity index is 349. The fourth-order valence-corrected chi connectivity index (χ4v) is 0.926. The third-order valence-electron chi connectivity index (χ3n) is 1.58. The summed E-state index contributed by atoms with van der Waals surface area (Å²) in [4.78, 5) is 1.25. The van der Waals surface area contributed by atoms with Gasteiger partial charge in [-0.05, 0) is 12.1 Å². The molecule has 0 aliphatic rings. The van der Waals surface area contributed by atoms with Crippen LogP contribution in [0.2, 0.25) is 0 Å². The summed E-state index contributed by atoms with van der Waals surface area (Å²) in [6.45, 7) is -2.85. The van der Waals surface area contributed by atoms with Crippen LogP contribution < -0.4 is 9.64 Å². The Kier molecular flexibility index (Phi) is 3.24. The van der Waals surface area contributed by atoms with Crippen LogP contribution in [0.25, 0.3) is 0 Å². The molecular weight excluding hydrogens is 190 g/mol. The molecule has 0 aliphatic carbocycles. The highest BCUT2D eigenvalue weighted by atomic mass is 19.3. The Morgan fingerprint density at radius 1 is 1.50 bits per heavy atom. The Labute approximate surface area is 80.1 Å². The molecule has 5 heteroatoms. The summed E-state index contributed by atoms with van der Waals surface area (Å²) in [5.74, 6) is 0.0413. The smallest absolute Gasteiger partial charge is 0.387 e. The normalized spacial score (nSPS) is 9.64. The second-order valence-corrected chi connectivity index (χ2v) is 2.53. The van der Waals surface area contributed by atoms with Gasteiger partial charge in [-0.25, -0.2) is 0 Å². The molecule has 3 nitrogen and oxygen atoms in total. The van der Waals surface area contributed by atoms with Crippen LogP contribution in [0.15, 0.2) is 24.3 Å². The van der Waals surface area contributed by atoms with Gasteiger partial charge in [0.2, 0.25) is 0 Å². The first-order valence-electron chi connectivity index (χ1n) is 3.82. The second kappa shape index (κ2) is 4.42. The molecule has 0 aromatic heterocycles. The number of anilines is 1. The molecule has 0 aliphatic heterocycles. The van der Waals surface area contributed by atoms with Crippen LogP contribution >= 0.6 is 0 Å². The van der Waals surface area contributed by atoms with Crippen molar-refractivity contribution < 1.29 is 13.5 Å². The number of rotatable bonds is 3. The summed E-state index contributed by atoms with van der Waals surface area (Å²) in [5, 5.41) is 8.55. The molecule has 0 saturated carbocycles. The Balaban J connectivity index is 2.85. The van der Waals surface area contributed by atoms with Crippen molar-refractivity contribution in [1.29, 1.82) is 5.26 Å². The second-order valence-electron chi connectivity index (χ2n) is 2.53. The summed E-state index contributed by atoms with van der Waals surface area (Å²) in [6, 6.07) is 5.94. The van der Waals surface area contributed by atoms with Crippen molar-refractivity contribution in [3.63, 3.8) is 0 Å². The predicted octanol–water partition coefficient (Wildman–Crippen LogP) is 2.21. The van der Waals surface area contributed by atoms with E-state index >= 15 is 0 Å². The van der Waals surface area contributed by atoms with Crippen LogP contribution in [0.5, 0.6) is 5.75 Å². The molecule has 74 valence electrons. The number of alkyl halides is 2. The maximum absolute atomic E-state index is 11.8. The number of ether oxygens (including phenoxy) is 1. The lowest BCUT2D eigenvalue weighted by atomic mass is 10.3. The Hall–Kier alpha value is -1.83. The van der Waals surface area contributed by atoms with Crippen molar-refractivity contribution in [2.75, 3.05) is 11.9 Å². The molecule has 1 rings (SSSR count). The Morgan fingerprint density at radius 3 is 2.79 bits per heavy atom. The summed E-state index contributed by atoms with van der Waals surface area (Å²) in [5.41, 5.74) is 0.505. The lowest BCUT2D eigenvalue weighted by molar-refractivity contribution is -0.0498. The third kappa shape index (κ3) is 2.59. The van der Waals surface area contributed by atoms with E-state index in [9.17, 15) is 8.78 Å². The fourth-order valence-electron chi connectivity index (χ4n) is 0.926. The summed E-state index contributed by atoms with van der Waals surface area (Å²) in [6.07, 6.45) is 1.85. The van der Waals surface area contributed by atoms with Gasteiger partial charge in [-0.15, -0.1) is 0 Å². The molecule has 0 saturated heterocycles. The number of hydrogen-bond acceptors (Lipinski definition) is 3. The van der Waals surface area contributed by atoms with Gasteiger partial charge in [0.1, 0.15) is 5.75 Å². The third-order valence-corrected chi connectivity index (χ3v) is 1.58. The standard InChI is InChI=1S/C9H8F2N2O/c1-13(6-12)7-3-2-4-8(5-7)14-9(10)11/h2-5,9H,1H3. The lowest BCUT2D eigenvalue weighted by Crippen LogP contribution is -2.08. The van der Waals surface area contributed by atoms with Crippen LogP contribution in [0, 0.1) is 11.5 Å². The minimum absolute atomic E-state index is 0.0413. The molecular formula is C9H8F2N2O. The summed E-state index contributed by atoms with van der Waals surface area (Å²) in [7, 11) is 1.53. The number of halogens is 2. The highest BCUT2D eigenvalue weighted by Gasteiger charge is 2.05. The topological polar surface area (TPSA) is 36.3 Å². The van der Waals surface area contributed by atoms with Gasteiger partial charge in [-0.3, -0.25) is 4.90 Å². The zero-order chi connectivity index (χ0) is 10.6. The maximum Gasteiger partial charge on any atom is 0.387 e. The van der Waals surface area contributed by atoms with Crippen molar-refractivity contribution in [3.8, 4) is 11.9 Å². The van der Waals surface area contributed by atoms with Gasteiger partial charge in [0.05, 0.1) is 5.69 Å². The largest absolute Gasteiger partial charge is 0.435 e. The number of nitrogens with zero attached hydrogens (tertiary/aromatic N) is 2. The van der Waals surface area contributed by atoms with Crippen LogP contribution in [-0.2, 0) is 0 Å². The average molecular weight is 198 g/mol. The first-order valence-corrected chi connectivity index (χ1v) is 3.82. The molecule has 1 aromatic rings. The van der Waals surface area contributed by atoms with Crippen molar-refractivity contribution in [1.82, 2.24) is 0 Å². The summed E-state index contributed by atoms with van der Waals surface area (Å²) >= 11 is 0. The van der Waals surface area contributed by atoms with E-state index in [0.29, 0.717) is 5.69 Å². The molecule has 0 amide bonds. The van der Waals surface area contributed by atoms with Gasteiger partial charge >= 0.3 is 6.61 Å². The summed E-state index contributed by atoms with van der Waals surface area (Å²) < 4.78 is 27.8. The highest BCUT2D eigenvalue weighted by Crippen LogP contribution is 2.21. The van der Waals surface area contributed by atoms with Crippen molar-refractivity contribution in [3.05, 3.63) is 24.3 Å². The average Bonchev–Trinajstić information content (AvgIpc) is 2.16. The van der Waals surface area contributed by atoms with Gasteiger partial charge in [0, 0.05) is 13.1 Å². The van der Waals surface area contributed by atoms with Gasteiger partial charge < -0.3 is 4.74 Å². The molecule has 1 aromatic carbocycles. The molecule has 0 N–H and O–H groups in total. The molecule has 0 spiro atoms. The molecule has 14 heavy (non-hydrogen) atoms. The van der Waals surface area contributed by atoms with Gasteiger partial charge in [0.25, 0.3) is 0 Å². The predicted molar refractivity (Wildman–Crippen MR) is 47.1 cm³/mol. The number of hydrogen-bond donors (Lipinski definition) is 0. The molecule has 0 bridgehead atoms. The minimum Gasteiger partial charge on any atom is -0.435 e. The van der Waals surface area contributed by atoms with E-state index in [1.165, 1.54) is 24.1 Å². The van der Waals surface area contributed by atoms with Gasteiger partial charge in [0.15, 0.2) is 6.19 Å². The number of benzene rings is 1. The van der Waals surface area contributed by atoms with Crippen LogP contribution in [0.4, 0.5) is 14.5 Å². The van der Waals surface area contributed by atoms with Crippen LogP contribution in [0.1, 0.15) is 0 Å². The quantitative estimate of drug-likeness (QED) is 0.551. The van der Waals surface area contributed by atoms with E-state index in [1.54, 1.807) is 12.1 Å². The highest BCUT2D eigenvalue weighted by molar-refractivity contribution is 5.52. The SMILES string of the molecule is CN(C#N)c1cccc(OC(F)F)c1. The van der Waals surface area contributed by atoms with E-state index < -0.39 is 6.61 Å². The monoisotopic (exact) mass is 198 g/mol. The van der Waals surface area contributed by atoms with E-state index in [4.69, 9.17) is 5.26 Å². The zero-order valence-electron chi connectivity index (χ0n) is 7.45. The van der Waals surface area contributed by atoms with Gasteiger partial charge in [-0.2, -0.15) is 14.0 Å². The van der Waals surface area contributed by atoms with Crippen molar-refractivity contribution in [2.45, 2.75) is 6.61 Å². The van der Waals surface area contributed by atoms with Gasteiger partial charge in [-0.1, -0.05) is 6.07 Å². The maximum atomic E-state index is 11.8. The Morgan fingerprint density at radius 2 is 2.21 bits per heavy atom. The van der Waals surface area contributed by atoms with Crippen LogP contribution in [0.3, 0.4) is 0 Å². The molecule has 0 atom stereocenters. The van der Waals surface area contributed by atoms with E-state index in [1.807, 2.05) is 6.19 Å². The zero-order valence-corrected chi connectivity index (χ0v) is 7.45. The lowest BCUT2D eigenvalue weighted by Gasteiger charge is -2.10. The first-order chi connectivity index (χ1) is 6.63. The molecule has 0 heterocycles. The number of nitriles is 1. The van der Waals surface area contributed by atoms with Crippen LogP contribution in [-0.4, -0.2) is 13.7 Å². The van der Waals surface area contributed by atoms with E-state index in [-0.39, 0.29) is 5.75 Å². The van der Waals surface area contributed by atoms with E-state index in [2.05, 4.69) is 4.74 Å². The van der Waals surface area contributed by atoms with E-state index in [0.717, 1.165) is 0 Å². The molecule has 0 unspecified atom stereocenters. The fraction of sp³-hybridized carbons (Fsp3) is 0.222. The first kappa shape index (κ1) is 10.3. The molecule has 0 radical (unpaired) electrons. The molecule has 0 fully saturated rings. The minimum atomic E-state index is -2.85. The van der Waals surface area contributed by atoms with Crippen molar-refractivity contribution >= 4 is 5.69 Å².